The SMILES string of the molecule is O=c1c2ccccc2nc(/C=C/c2ccc(F)cc2)n1-c1ccc(F)c(Cl)c1. The topological polar surface area (TPSA) is 34.9 Å². The monoisotopic (exact) mass is 394 g/mol. The zero-order chi connectivity index (χ0) is 19.7. The second-order valence-corrected chi connectivity index (χ2v) is 6.52. The van der Waals surface area contributed by atoms with E-state index in [0.717, 1.165) is 5.56 Å². The molecule has 3 nitrogen and oxygen atoms in total. The van der Waals surface area contributed by atoms with E-state index in [1.807, 2.05) is 0 Å². The van der Waals surface area contributed by atoms with Crippen molar-refractivity contribution in [2.75, 3.05) is 0 Å². The van der Waals surface area contributed by atoms with Crippen LogP contribution < -0.4 is 5.56 Å². The minimum absolute atomic E-state index is 0.0916. The summed E-state index contributed by atoms with van der Waals surface area (Å²) in [5.41, 5.74) is 1.38. The maximum absolute atomic E-state index is 13.6. The molecule has 0 radical (unpaired) electrons. The number of hydrogen-bond acceptors (Lipinski definition) is 2. The number of hydrogen-bond donors (Lipinski definition) is 0. The van der Waals surface area contributed by atoms with Gasteiger partial charge in [0.15, 0.2) is 0 Å². The summed E-state index contributed by atoms with van der Waals surface area (Å²) in [7, 11) is 0. The van der Waals surface area contributed by atoms with E-state index in [1.165, 1.54) is 34.9 Å². The van der Waals surface area contributed by atoms with Crippen LogP contribution in [0, 0.1) is 11.6 Å². The van der Waals surface area contributed by atoms with Gasteiger partial charge < -0.3 is 0 Å². The molecule has 0 saturated heterocycles. The van der Waals surface area contributed by atoms with Crippen LogP contribution in [0.4, 0.5) is 8.78 Å². The smallest absolute Gasteiger partial charge is 0.266 e. The first-order chi connectivity index (χ1) is 13.5. The first-order valence-corrected chi connectivity index (χ1v) is 8.81. The molecule has 6 heteroatoms. The Kier molecular flexibility index (Phi) is 4.75. The van der Waals surface area contributed by atoms with Crippen molar-refractivity contribution < 1.29 is 8.78 Å². The molecule has 0 amide bonds. The number of halogens is 3. The van der Waals surface area contributed by atoms with Gasteiger partial charge in [-0.3, -0.25) is 9.36 Å². The third kappa shape index (κ3) is 3.44. The summed E-state index contributed by atoms with van der Waals surface area (Å²) >= 11 is 5.91. The van der Waals surface area contributed by atoms with Crippen molar-refractivity contribution in [3.63, 3.8) is 0 Å². The van der Waals surface area contributed by atoms with Crippen LogP contribution in [0.1, 0.15) is 11.4 Å². The minimum atomic E-state index is -0.574. The van der Waals surface area contributed by atoms with Gasteiger partial charge in [0.05, 0.1) is 21.6 Å². The standard InChI is InChI=1S/C22H13ClF2N2O/c23-18-13-16(10-11-19(18)25)27-21(12-7-14-5-8-15(24)9-6-14)26-20-4-2-1-3-17(20)22(27)28/h1-13H/b12-7+. The van der Waals surface area contributed by atoms with Gasteiger partial charge in [-0.15, -0.1) is 0 Å². The summed E-state index contributed by atoms with van der Waals surface area (Å²) in [5, 5.41) is 0.341. The fourth-order valence-corrected chi connectivity index (χ4v) is 3.05. The molecule has 1 heterocycles. The summed E-state index contributed by atoms with van der Waals surface area (Å²) in [5.74, 6) is -0.565. The van der Waals surface area contributed by atoms with Gasteiger partial charge in [-0.1, -0.05) is 41.9 Å². The Bertz CT molecular complexity index is 1260. The predicted octanol–water partition coefficient (Wildman–Crippen LogP) is 5.49. The zero-order valence-corrected chi connectivity index (χ0v) is 15.2. The van der Waals surface area contributed by atoms with Crippen molar-refractivity contribution in [1.82, 2.24) is 9.55 Å². The highest BCUT2D eigenvalue weighted by Crippen LogP contribution is 2.21. The fourth-order valence-electron chi connectivity index (χ4n) is 2.88. The quantitative estimate of drug-likeness (QED) is 0.460. The van der Waals surface area contributed by atoms with E-state index in [4.69, 9.17) is 11.6 Å². The van der Waals surface area contributed by atoms with Gasteiger partial charge in [0.25, 0.3) is 5.56 Å². The highest BCUT2D eigenvalue weighted by Gasteiger charge is 2.12. The van der Waals surface area contributed by atoms with Crippen LogP contribution in [0.2, 0.25) is 5.02 Å². The number of aromatic nitrogens is 2. The van der Waals surface area contributed by atoms with Gasteiger partial charge in [0.1, 0.15) is 17.5 Å². The highest BCUT2D eigenvalue weighted by molar-refractivity contribution is 6.30. The molecule has 28 heavy (non-hydrogen) atoms. The first-order valence-electron chi connectivity index (χ1n) is 8.44. The van der Waals surface area contributed by atoms with Crippen LogP contribution in [0.3, 0.4) is 0 Å². The summed E-state index contributed by atoms with van der Waals surface area (Å²) in [6.07, 6.45) is 3.37. The van der Waals surface area contributed by atoms with E-state index in [-0.39, 0.29) is 16.4 Å². The van der Waals surface area contributed by atoms with Crippen molar-refractivity contribution in [3.8, 4) is 5.69 Å². The van der Waals surface area contributed by atoms with Gasteiger partial charge in [-0.2, -0.15) is 0 Å². The maximum atomic E-state index is 13.6. The Morgan fingerprint density at radius 1 is 0.929 bits per heavy atom. The van der Waals surface area contributed by atoms with E-state index in [9.17, 15) is 13.6 Å². The molecule has 3 aromatic carbocycles. The van der Waals surface area contributed by atoms with Crippen LogP contribution in [0.15, 0.2) is 71.5 Å². The van der Waals surface area contributed by atoms with Gasteiger partial charge >= 0.3 is 0 Å². The minimum Gasteiger partial charge on any atom is -0.268 e. The van der Waals surface area contributed by atoms with E-state index in [1.54, 1.807) is 48.6 Å². The Balaban J connectivity index is 1.94. The molecule has 0 unspecified atom stereocenters. The molecule has 0 N–H and O–H groups in total. The molecule has 0 aliphatic carbocycles. The Hall–Kier alpha value is -3.31. The van der Waals surface area contributed by atoms with E-state index < -0.39 is 5.82 Å². The Morgan fingerprint density at radius 3 is 2.43 bits per heavy atom. The number of para-hydroxylation sites is 1. The van der Waals surface area contributed by atoms with Crippen LogP contribution >= 0.6 is 11.6 Å². The summed E-state index contributed by atoms with van der Waals surface area (Å²) in [6.45, 7) is 0. The molecule has 0 atom stereocenters. The molecule has 0 aliphatic heterocycles. The van der Waals surface area contributed by atoms with Crippen LogP contribution in [0.25, 0.3) is 28.7 Å². The summed E-state index contributed by atoms with van der Waals surface area (Å²) < 4.78 is 28.1. The average Bonchev–Trinajstić information content (AvgIpc) is 2.70. The molecule has 1 aromatic heterocycles. The average molecular weight is 395 g/mol. The van der Waals surface area contributed by atoms with Gasteiger partial charge in [0.2, 0.25) is 0 Å². The lowest BCUT2D eigenvalue weighted by Gasteiger charge is -2.12. The molecule has 0 aliphatic rings. The number of rotatable bonds is 3. The van der Waals surface area contributed by atoms with E-state index >= 15 is 0 Å². The molecule has 0 fully saturated rings. The zero-order valence-electron chi connectivity index (χ0n) is 14.4. The Labute approximate surface area is 164 Å². The van der Waals surface area contributed by atoms with Gasteiger partial charge in [0, 0.05) is 0 Å². The number of benzene rings is 3. The molecule has 138 valence electrons. The lowest BCUT2D eigenvalue weighted by Crippen LogP contribution is -2.22. The maximum Gasteiger partial charge on any atom is 0.266 e. The van der Waals surface area contributed by atoms with Crippen LogP contribution in [0.5, 0.6) is 0 Å². The lowest BCUT2D eigenvalue weighted by molar-refractivity contribution is 0.627. The van der Waals surface area contributed by atoms with E-state index in [2.05, 4.69) is 4.98 Å². The largest absolute Gasteiger partial charge is 0.268 e. The number of nitrogens with zero attached hydrogens (tertiary/aromatic N) is 2. The molecular weight excluding hydrogens is 382 g/mol. The predicted molar refractivity (Wildman–Crippen MR) is 108 cm³/mol. The third-order valence-electron chi connectivity index (χ3n) is 4.26. The second kappa shape index (κ2) is 7.37. The van der Waals surface area contributed by atoms with Crippen molar-refractivity contribution in [3.05, 3.63) is 105 Å². The molecule has 4 aromatic rings. The highest BCUT2D eigenvalue weighted by atomic mass is 35.5. The summed E-state index contributed by atoms with van der Waals surface area (Å²) in [6, 6.07) is 16.9. The summed E-state index contributed by atoms with van der Waals surface area (Å²) in [4.78, 5) is 17.7. The van der Waals surface area contributed by atoms with Crippen molar-refractivity contribution in [2.24, 2.45) is 0 Å². The molecular formula is C22H13ClF2N2O. The normalized spacial score (nSPS) is 11.4. The fraction of sp³-hybridized carbons (Fsp3) is 0. The van der Waals surface area contributed by atoms with Crippen molar-refractivity contribution >= 4 is 34.7 Å². The van der Waals surface area contributed by atoms with Crippen LogP contribution in [-0.4, -0.2) is 9.55 Å². The van der Waals surface area contributed by atoms with Crippen molar-refractivity contribution in [1.29, 1.82) is 0 Å². The molecule has 4 rings (SSSR count). The lowest BCUT2D eigenvalue weighted by atomic mass is 10.2. The van der Waals surface area contributed by atoms with Crippen LogP contribution in [-0.2, 0) is 0 Å². The molecule has 0 saturated carbocycles. The molecule has 0 bridgehead atoms. The van der Waals surface area contributed by atoms with E-state index in [0.29, 0.717) is 22.4 Å². The van der Waals surface area contributed by atoms with Crippen molar-refractivity contribution in [2.45, 2.75) is 0 Å². The Morgan fingerprint density at radius 2 is 1.68 bits per heavy atom. The third-order valence-corrected chi connectivity index (χ3v) is 4.55. The molecule has 0 spiro atoms. The second-order valence-electron chi connectivity index (χ2n) is 6.11. The van der Waals surface area contributed by atoms with Gasteiger partial charge in [-0.25, -0.2) is 13.8 Å². The first kappa shape index (κ1) is 18.1. The van der Waals surface area contributed by atoms with Gasteiger partial charge in [-0.05, 0) is 54.1 Å². The number of fused-ring (bicyclic) bond motifs is 1.